The summed E-state index contributed by atoms with van der Waals surface area (Å²) in [5, 5.41) is 3.63. The summed E-state index contributed by atoms with van der Waals surface area (Å²) in [6, 6.07) is 0.330. The Morgan fingerprint density at radius 3 is 2.17 bits per heavy atom. The molecule has 1 aliphatic rings. The Bertz CT molecular complexity index is 173. The lowest BCUT2D eigenvalue weighted by molar-refractivity contribution is 0.102. The van der Waals surface area contributed by atoms with E-state index >= 15 is 0 Å². The van der Waals surface area contributed by atoms with E-state index in [0.717, 1.165) is 6.42 Å². The average Bonchev–Trinajstić information content (AvgIpc) is 1.79. The van der Waals surface area contributed by atoms with Crippen molar-refractivity contribution in [2.75, 3.05) is 0 Å². The van der Waals surface area contributed by atoms with Crippen LogP contribution in [0.15, 0.2) is 0 Å². The first-order valence-electron chi connectivity index (χ1n) is 4.79. The molecule has 0 aliphatic carbocycles. The van der Waals surface area contributed by atoms with Crippen molar-refractivity contribution in [2.45, 2.75) is 58.2 Å². The van der Waals surface area contributed by atoms with Gasteiger partial charge in [-0.1, -0.05) is 6.92 Å². The highest BCUT2D eigenvalue weighted by Crippen LogP contribution is 2.31. The van der Waals surface area contributed by atoms with Gasteiger partial charge in [-0.15, -0.1) is 0 Å². The van der Waals surface area contributed by atoms with Gasteiger partial charge >= 0.3 is 0 Å². The van der Waals surface area contributed by atoms with E-state index in [9.17, 15) is 0 Å². The molecule has 0 radical (unpaired) electrons. The minimum atomic E-state index is 0.168. The highest BCUT2D eigenvalue weighted by atomic mass is 15.1. The molecular weight excluding hydrogens is 148 g/mol. The number of rotatable bonds is 0. The fourth-order valence-corrected chi connectivity index (χ4v) is 2.34. The molecule has 1 aliphatic heterocycles. The molecule has 0 aromatic heterocycles. The molecule has 2 unspecified atom stereocenters. The summed E-state index contributed by atoms with van der Waals surface area (Å²) in [6.45, 7) is 11.1. The summed E-state index contributed by atoms with van der Waals surface area (Å²) < 4.78 is 0. The first-order valence-corrected chi connectivity index (χ1v) is 4.79. The minimum absolute atomic E-state index is 0.168. The number of nitrogens with two attached hydrogens (primary N) is 1. The van der Waals surface area contributed by atoms with Crippen LogP contribution in [0.4, 0.5) is 0 Å². The van der Waals surface area contributed by atoms with E-state index < -0.39 is 0 Å². The van der Waals surface area contributed by atoms with Crippen LogP contribution in [-0.2, 0) is 0 Å². The van der Waals surface area contributed by atoms with Gasteiger partial charge in [0.05, 0.1) is 0 Å². The van der Waals surface area contributed by atoms with Crippen LogP contribution in [-0.4, -0.2) is 17.1 Å². The molecule has 1 heterocycles. The summed E-state index contributed by atoms with van der Waals surface area (Å²) in [6.07, 6.45) is 1.07. The molecule has 0 aromatic rings. The van der Waals surface area contributed by atoms with E-state index in [1.54, 1.807) is 0 Å². The number of hydrogen-bond donors (Lipinski definition) is 2. The predicted octanol–water partition coefficient (Wildman–Crippen LogP) is 1.50. The van der Waals surface area contributed by atoms with Gasteiger partial charge in [0, 0.05) is 17.1 Å². The second kappa shape index (κ2) is 2.71. The maximum atomic E-state index is 6.09. The van der Waals surface area contributed by atoms with Gasteiger partial charge in [0.1, 0.15) is 0 Å². The zero-order valence-corrected chi connectivity index (χ0v) is 8.94. The quantitative estimate of drug-likeness (QED) is 0.578. The topological polar surface area (TPSA) is 38.0 Å². The zero-order chi connectivity index (χ0) is 9.57. The van der Waals surface area contributed by atoms with Crippen LogP contribution < -0.4 is 11.1 Å². The van der Waals surface area contributed by atoms with Crippen LogP contribution in [0.25, 0.3) is 0 Å². The molecular formula is C10H22N2. The van der Waals surface area contributed by atoms with Crippen LogP contribution in [0, 0.1) is 5.92 Å². The monoisotopic (exact) mass is 170 g/mol. The third kappa shape index (κ3) is 1.80. The van der Waals surface area contributed by atoms with Crippen LogP contribution in [0.5, 0.6) is 0 Å². The molecule has 1 rings (SSSR count). The van der Waals surface area contributed by atoms with Crippen LogP contribution in [0.2, 0.25) is 0 Å². The van der Waals surface area contributed by atoms with E-state index in [1.807, 2.05) is 0 Å². The average molecular weight is 170 g/mol. The lowest BCUT2D eigenvalue weighted by Gasteiger charge is -2.50. The van der Waals surface area contributed by atoms with Crippen molar-refractivity contribution >= 4 is 0 Å². The molecule has 12 heavy (non-hydrogen) atoms. The van der Waals surface area contributed by atoms with E-state index in [4.69, 9.17) is 5.73 Å². The second-order valence-electron chi connectivity index (χ2n) is 5.39. The first-order chi connectivity index (χ1) is 5.25. The Kier molecular flexibility index (Phi) is 2.26. The molecule has 0 bridgehead atoms. The number of piperidine rings is 1. The Hall–Kier alpha value is -0.0800. The van der Waals surface area contributed by atoms with Gasteiger partial charge in [0.15, 0.2) is 0 Å². The second-order valence-corrected chi connectivity index (χ2v) is 5.39. The van der Waals surface area contributed by atoms with Crippen molar-refractivity contribution in [2.24, 2.45) is 11.7 Å². The lowest BCUT2D eigenvalue weighted by Crippen LogP contribution is -2.65. The standard InChI is InChI=1S/C10H22N2/c1-7-8(11)6-9(2,3)12-10(7,4)5/h7-8,12H,6,11H2,1-5H3. The molecule has 0 spiro atoms. The number of hydrogen-bond acceptors (Lipinski definition) is 2. The first kappa shape index (κ1) is 10.0. The molecule has 0 amide bonds. The van der Waals surface area contributed by atoms with Gasteiger partial charge in [-0.3, -0.25) is 0 Å². The summed E-state index contributed by atoms with van der Waals surface area (Å²) in [5.41, 5.74) is 6.45. The third-order valence-corrected chi connectivity index (χ3v) is 3.19. The van der Waals surface area contributed by atoms with Gasteiger partial charge < -0.3 is 11.1 Å². The Morgan fingerprint density at radius 1 is 1.25 bits per heavy atom. The molecule has 72 valence electrons. The Balaban J connectivity index is 2.80. The summed E-state index contributed by atoms with van der Waals surface area (Å²) in [7, 11) is 0. The van der Waals surface area contributed by atoms with Crippen molar-refractivity contribution < 1.29 is 0 Å². The van der Waals surface area contributed by atoms with Crippen molar-refractivity contribution in [3.8, 4) is 0 Å². The van der Waals surface area contributed by atoms with Crippen LogP contribution in [0.3, 0.4) is 0 Å². The number of nitrogens with one attached hydrogen (secondary N) is 1. The summed E-state index contributed by atoms with van der Waals surface area (Å²) >= 11 is 0. The summed E-state index contributed by atoms with van der Waals surface area (Å²) in [5.74, 6) is 0.547. The molecule has 2 nitrogen and oxygen atoms in total. The van der Waals surface area contributed by atoms with Crippen molar-refractivity contribution in [1.82, 2.24) is 5.32 Å². The maximum Gasteiger partial charge on any atom is 0.0170 e. The fraction of sp³-hybridized carbons (Fsp3) is 1.00. The normalized spacial score (nSPS) is 39.5. The lowest BCUT2D eigenvalue weighted by atomic mass is 9.73. The SMILES string of the molecule is CC1C(N)CC(C)(C)NC1(C)C. The predicted molar refractivity (Wildman–Crippen MR) is 53.1 cm³/mol. The van der Waals surface area contributed by atoms with Gasteiger partial charge in [0.2, 0.25) is 0 Å². The molecule has 2 atom stereocenters. The summed E-state index contributed by atoms with van der Waals surface area (Å²) in [4.78, 5) is 0. The molecule has 2 heteroatoms. The van der Waals surface area contributed by atoms with E-state index in [-0.39, 0.29) is 11.1 Å². The smallest absolute Gasteiger partial charge is 0.0170 e. The highest BCUT2D eigenvalue weighted by Gasteiger charge is 2.41. The molecule has 3 N–H and O–H groups in total. The van der Waals surface area contributed by atoms with Crippen molar-refractivity contribution in [3.63, 3.8) is 0 Å². The van der Waals surface area contributed by atoms with Gasteiger partial charge in [-0.2, -0.15) is 0 Å². The molecule has 0 saturated carbocycles. The van der Waals surface area contributed by atoms with Crippen molar-refractivity contribution in [3.05, 3.63) is 0 Å². The minimum Gasteiger partial charge on any atom is -0.327 e. The van der Waals surface area contributed by atoms with E-state index in [2.05, 4.69) is 39.9 Å². The van der Waals surface area contributed by atoms with E-state index in [1.165, 1.54) is 0 Å². The Morgan fingerprint density at radius 2 is 1.75 bits per heavy atom. The molecule has 1 saturated heterocycles. The van der Waals surface area contributed by atoms with Crippen LogP contribution in [0.1, 0.15) is 41.0 Å². The van der Waals surface area contributed by atoms with Gasteiger partial charge in [0.25, 0.3) is 0 Å². The largest absolute Gasteiger partial charge is 0.327 e. The van der Waals surface area contributed by atoms with Crippen LogP contribution >= 0.6 is 0 Å². The molecule has 1 fully saturated rings. The van der Waals surface area contributed by atoms with Gasteiger partial charge in [-0.25, -0.2) is 0 Å². The third-order valence-electron chi connectivity index (χ3n) is 3.19. The highest BCUT2D eigenvalue weighted by molar-refractivity contribution is 5.02. The maximum absolute atomic E-state index is 6.09. The van der Waals surface area contributed by atoms with Gasteiger partial charge in [-0.05, 0) is 40.0 Å². The fourth-order valence-electron chi connectivity index (χ4n) is 2.34. The zero-order valence-electron chi connectivity index (χ0n) is 8.94. The molecule has 0 aromatic carbocycles. The Labute approximate surface area is 75.9 Å². The van der Waals surface area contributed by atoms with Crippen molar-refractivity contribution in [1.29, 1.82) is 0 Å². The van der Waals surface area contributed by atoms with E-state index in [0.29, 0.717) is 12.0 Å².